The molecule has 1 aromatic rings. The van der Waals surface area contributed by atoms with Gasteiger partial charge in [0.2, 0.25) is 11.8 Å². The molecule has 0 radical (unpaired) electrons. The summed E-state index contributed by atoms with van der Waals surface area (Å²) in [7, 11) is 0. The van der Waals surface area contributed by atoms with Crippen LogP contribution in [0.3, 0.4) is 0 Å². The first-order chi connectivity index (χ1) is 12.6. The minimum atomic E-state index is -0.196. The van der Waals surface area contributed by atoms with Crippen LogP contribution in [0.4, 0.5) is 0 Å². The summed E-state index contributed by atoms with van der Waals surface area (Å²) in [6.07, 6.45) is 9.59. The van der Waals surface area contributed by atoms with Crippen molar-refractivity contribution >= 4 is 23.4 Å². The van der Waals surface area contributed by atoms with Crippen LogP contribution in [0.25, 0.3) is 0 Å². The van der Waals surface area contributed by atoms with Crippen LogP contribution in [-0.4, -0.2) is 35.8 Å². The van der Waals surface area contributed by atoms with Gasteiger partial charge in [-0.3, -0.25) is 9.59 Å². The van der Waals surface area contributed by atoms with Crippen LogP contribution in [0.15, 0.2) is 24.3 Å². The first-order valence-corrected chi connectivity index (χ1v) is 10.3. The summed E-state index contributed by atoms with van der Waals surface area (Å²) >= 11 is 5.89. The first kappa shape index (κ1) is 19.2. The number of likely N-dealkylation sites (tertiary alicyclic amines) is 1. The quantitative estimate of drug-likeness (QED) is 0.845. The lowest BCUT2D eigenvalue weighted by Crippen LogP contribution is -2.39. The van der Waals surface area contributed by atoms with E-state index in [2.05, 4.69) is 5.32 Å². The van der Waals surface area contributed by atoms with Gasteiger partial charge in [-0.05, 0) is 37.0 Å². The number of halogens is 1. The number of carbonyl (C=O) groups is 2. The molecule has 1 aliphatic carbocycles. The molecule has 5 heteroatoms. The average Bonchev–Trinajstić information content (AvgIpc) is 2.98. The summed E-state index contributed by atoms with van der Waals surface area (Å²) in [5.74, 6) is -0.0211. The largest absolute Gasteiger partial charge is 0.355 e. The molecule has 0 aromatic heterocycles. The second-order valence-corrected chi connectivity index (χ2v) is 8.05. The molecule has 3 rings (SSSR count). The van der Waals surface area contributed by atoms with Gasteiger partial charge in [0.1, 0.15) is 0 Å². The van der Waals surface area contributed by atoms with Crippen molar-refractivity contribution in [1.29, 1.82) is 0 Å². The Morgan fingerprint density at radius 1 is 1.08 bits per heavy atom. The molecule has 0 bridgehead atoms. The lowest BCUT2D eigenvalue weighted by atomic mass is 9.96. The molecule has 0 unspecified atom stereocenters. The summed E-state index contributed by atoms with van der Waals surface area (Å²) in [5.41, 5.74) is 1.15. The number of rotatable bonds is 5. The van der Waals surface area contributed by atoms with Gasteiger partial charge < -0.3 is 10.2 Å². The second kappa shape index (κ2) is 9.40. The molecule has 1 aliphatic heterocycles. The molecular formula is C21H29ClN2O2. The molecule has 1 saturated carbocycles. The van der Waals surface area contributed by atoms with E-state index in [4.69, 9.17) is 11.6 Å². The van der Waals surface area contributed by atoms with Gasteiger partial charge in [-0.25, -0.2) is 0 Å². The summed E-state index contributed by atoms with van der Waals surface area (Å²) < 4.78 is 0. The number of nitrogens with one attached hydrogen (secondary N) is 1. The highest BCUT2D eigenvalue weighted by Crippen LogP contribution is 2.27. The van der Waals surface area contributed by atoms with E-state index in [0.29, 0.717) is 25.6 Å². The van der Waals surface area contributed by atoms with E-state index in [9.17, 15) is 9.59 Å². The van der Waals surface area contributed by atoms with E-state index in [1.807, 2.05) is 29.2 Å². The van der Waals surface area contributed by atoms with Gasteiger partial charge in [-0.15, -0.1) is 0 Å². The summed E-state index contributed by atoms with van der Waals surface area (Å²) in [4.78, 5) is 26.9. The zero-order valence-corrected chi connectivity index (χ0v) is 16.1. The first-order valence-electron chi connectivity index (χ1n) is 9.95. The third-order valence-electron chi connectivity index (χ3n) is 5.67. The van der Waals surface area contributed by atoms with Crippen molar-refractivity contribution in [3.8, 4) is 0 Å². The maximum Gasteiger partial charge on any atom is 0.225 e. The molecule has 0 spiro atoms. The predicted molar refractivity (Wildman–Crippen MR) is 104 cm³/mol. The highest BCUT2D eigenvalue weighted by Gasteiger charge is 2.37. The van der Waals surface area contributed by atoms with Crippen LogP contribution in [0, 0.1) is 5.92 Å². The van der Waals surface area contributed by atoms with Gasteiger partial charge in [-0.2, -0.15) is 0 Å². The molecule has 2 fully saturated rings. The highest BCUT2D eigenvalue weighted by atomic mass is 35.5. The standard InChI is InChI=1S/C21H29ClN2O2/c22-18-10-8-16(9-11-18)12-13-23-21(26)17-14-20(25)24(15-17)19-6-4-2-1-3-5-7-19/h8-11,17,19H,1-7,12-15H2,(H,23,26)/t17-/m0/s1. The Labute approximate surface area is 161 Å². The molecular weight excluding hydrogens is 348 g/mol. The lowest BCUT2D eigenvalue weighted by molar-refractivity contribution is -0.130. The minimum Gasteiger partial charge on any atom is -0.355 e. The van der Waals surface area contributed by atoms with Crippen LogP contribution < -0.4 is 5.32 Å². The second-order valence-electron chi connectivity index (χ2n) is 7.61. The van der Waals surface area contributed by atoms with Crippen molar-refractivity contribution in [3.63, 3.8) is 0 Å². The maximum absolute atomic E-state index is 12.5. The molecule has 2 amide bonds. The normalized spacial score (nSPS) is 22.1. The van der Waals surface area contributed by atoms with E-state index < -0.39 is 0 Å². The summed E-state index contributed by atoms with van der Waals surface area (Å²) in [6.45, 7) is 1.19. The third kappa shape index (κ3) is 5.23. The van der Waals surface area contributed by atoms with E-state index in [1.165, 1.54) is 32.1 Å². The lowest BCUT2D eigenvalue weighted by Gasteiger charge is -2.29. The molecule has 142 valence electrons. The Hall–Kier alpha value is -1.55. The molecule has 1 aromatic carbocycles. The van der Waals surface area contributed by atoms with Gasteiger partial charge in [-0.1, -0.05) is 55.8 Å². The van der Waals surface area contributed by atoms with Gasteiger partial charge in [0.25, 0.3) is 0 Å². The molecule has 4 nitrogen and oxygen atoms in total. The van der Waals surface area contributed by atoms with Crippen molar-refractivity contribution in [2.45, 2.75) is 63.8 Å². The van der Waals surface area contributed by atoms with Crippen molar-refractivity contribution in [2.24, 2.45) is 5.92 Å². The Balaban J connectivity index is 1.46. The Morgan fingerprint density at radius 2 is 1.73 bits per heavy atom. The molecule has 1 heterocycles. The topological polar surface area (TPSA) is 49.4 Å². The number of carbonyl (C=O) groups excluding carboxylic acids is 2. The zero-order valence-electron chi connectivity index (χ0n) is 15.4. The fraction of sp³-hybridized carbons (Fsp3) is 0.619. The van der Waals surface area contributed by atoms with Crippen LogP contribution in [0.5, 0.6) is 0 Å². The highest BCUT2D eigenvalue weighted by molar-refractivity contribution is 6.30. The SMILES string of the molecule is O=C(NCCc1ccc(Cl)cc1)[C@H]1CC(=O)N(C2CCCCCCC2)C1. The van der Waals surface area contributed by atoms with Crippen LogP contribution in [0.2, 0.25) is 5.02 Å². The van der Waals surface area contributed by atoms with Crippen molar-refractivity contribution < 1.29 is 9.59 Å². The Kier molecular flexibility index (Phi) is 6.95. The third-order valence-corrected chi connectivity index (χ3v) is 5.92. The van der Waals surface area contributed by atoms with Crippen molar-refractivity contribution in [1.82, 2.24) is 10.2 Å². The van der Waals surface area contributed by atoms with Gasteiger partial charge in [0.05, 0.1) is 5.92 Å². The monoisotopic (exact) mass is 376 g/mol. The number of benzene rings is 1. The average molecular weight is 377 g/mol. The van der Waals surface area contributed by atoms with E-state index in [1.54, 1.807) is 0 Å². The van der Waals surface area contributed by atoms with E-state index in [-0.39, 0.29) is 17.7 Å². The van der Waals surface area contributed by atoms with Crippen molar-refractivity contribution in [3.05, 3.63) is 34.9 Å². The fourth-order valence-electron chi connectivity index (χ4n) is 4.13. The Bertz CT molecular complexity index is 609. The zero-order chi connectivity index (χ0) is 18.4. The maximum atomic E-state index is 12.5. The van der Waals surface area contributed by atoms with Gasteiger partial charge >= 0.3 is 0 Å². The summed E-state index contributed by atoms with van der Waals surface area (Å²) in [5, 5.41) is 3.72. The summed E-state index contributed by atoms with van der Waals surface area (Å²) in [6, 6.07) is 8.02. The van der Waals surface area contributed by atoms with Gasteiger partial charge in [0.15, 0.2) is 0 Å². The van der Waals surface area contributed by atoms with E-state index >= 15 is 0 Å². The fourth-order valence-corrected chi connectivity index (χ4v) is 4.26. The smallest absolute Gasteiger partial charge is 0.225 e. The molecule has 2 aliphatic rings. The van der Waals surface area contributed by atoms with Crippen LogP contribution in [0.1, 0.15) is 56.9 Å². The van der Waals surface area contributed by atoms with Gasteiger partial charge in [0, 0.05) is 30.6 Å². The molecule has 1 atom stereocenters. The number of hydrogen-bond acceptors (Lipinski definition) is 2. The number of hydrogen-bond donors (Lipinski definition) is 1. The van der Waals surface area contributed by atoms with E-state index in [0.717, 1.165) is 29.8 Å². The molecule has 1 saturated heterocycles. The minimum absolute atomic E-state index is 0.0145. The van der Waals surface area contributed by atoms with Crippen LogP contribution in [-0.2, 0) is 16.0 Å². The van der Waals surface area contributed by atoms with Crippen LogP contribution >= 0.6 is 11.6 Å². The molecule has 26 heavy (non-hydrogen) atoms. The predicted octanol–water partition coefficient (Wildman–Crippen LogP) is 3.96. The van der Waals surface area contributed by atoms with Crippen molar-refractivity contribution in [2.75, 3.05) is 13.1 Å². The Morgan fingerprint density at radius 3 is 2.42 bits per heavy atom. The number of nitrogens with zero attached hydrogens (tertiary/aromatic N) is 1. The molecule has 1 N–H and O–H groups in total. The number of amides is 2.